The van der Waals surface area contributed by atoms with Crippen LogP contribution < -0.4 is 0 Å². The van der Waals surface area contributed by atoms with Crippen molar-refractivity contribution >= 4 is 23.9 Å². The molecule has 0 aromatic carbocycles. The summed E-state index contributed by atoms with van der Waals surface area (Å²) in [6.45, 7) is 0.329. The number of methoxy groups -OCH3 is 2. The molecule has 0 aliphatic heterocycles. The molecule has 0 bridgehead atoms. The van der Waals surface area contributed by atoms with Crippen LogP contribution in [0.1, 0.15) is 6.42 Å². The molecule has 11 nitrogen and oxygen atoms in total. The van der Waals surface area contributed by atoms with Crippen LogP contribution in [0.2, 0.25) is 0 Å². The summed E-state index contributed by atoms with van der Waals surface area (Å²) < 4.78 is 20.4. The number of rotatable bonds is 11. The van der Waals surface area contributed by atoms with E-state index < -0.39 is 23.9 Å². The first-order valence-electron chi connectivity index (χ1n) is 8.14. The van der Waals surface area contributed by atoms with Crippen molar-refractivity contribution in [1.29, 1.82) is 0 Å². The van der Waals surface area contributed by atoms with E-state index in [0.717, 1.165) is 24.3 Å². The average Bonchev–Trinajstić information content (AvgIpc) is 3.22. The molecule has 11 heteroatoms. The van der Waals surface area contributed by atoms with Crippen LogP contribution in [0, 0.1) is 5.92 Å². The quantitative estimate of drug-likeness (QED) is 0.282. The van der Waals surface area contributed by atoms with Gasteiger partial charge in [0, 0.05) is 43.0 Å². The summed E-state index contributed by atoms with van der Waals surface area (Å²) in [6.07, 6.45) is 7.38. The molecule has 0 atom stereocenters. The predicted octanol–water partition coefficient (Wildman–Crippen LogP) is -0.171. The first-order chi connectivity index (χ1) is 13.4. The number of ether oxygens (including phenoxy) is 4. The van der Waals surface area contributed by atoms with Gasteiger partial charge in [0.2, 0.25) is 0 Å². The molecular weight excluding hydrogens is 374 g/mol. The van der Waals surface area contributed by atoms with Crippen LogP contribution in [-0.4, -0.2) is 66.3 Å². The minimum Gasteiger partial charge on any atom is -0.466 e. The number of carbonyl (C=O) groups excluding carboxylic acids is 4. The fraction of sp³-hybridized carbons (Fsp3) is 0.412. The van der Waals surface area contributed by atoms with Crippen molar-refractivity contribution in [3.8, 4) is 0 Å². The van der Waals surface area contributed by atoms with Gasteiger partial charge in [-0.2, -0.15) is 0 Å². The minimum atomic E-state index is -0.743. The van der Waals surface area contributed by atoms with E-state index in [2.05, 4.69) is 19.8 Å². The lowest BCUT2D eigenvalue weighted by Gasteiger charge is -2.16. The van der Waals surface area contributed by atoms with Crippen molar-refractivity contribution in [2.24, 2.45) is 5.92 Å². The van der Waals surface area contributed by atoms with Gasteiger partial charge in [-0.25, -0.2) is 19.2 Å². The number of hydrogen-bond donors (Lipinski definition) is 0. The van der Waals surface area contributed by atoms with E-state index in [1.54, 1.807) is 10.9 Å². The molecule has 0 amide bonds. The molecule has 0 saturated heterocycles. The molecule has 152 valence electrons. The Balaban J connectivity index is 2.55. The van der Waals surface area contributed by atoms with E-state index in [-0.39, 0.29) is 19.1 Å². The second kappa shape index (κ2) is 12.8. The highest BCUT2D eigenvalue weighted by Gasteiger charge is 2.14. The van der Waals surface area contributed by atoms with Crippen molar-refractivity contribution in [3.63, 3.8) is 0 Å². The maximum atomic E-state index is 11.6. The van der Waals surface area contributed by atoms with Gasteiger partial charge in [-0.3, -0.25) is 4.68 Å². The SMILES string of the molecule is COC(=O)/C=C/C(=O)OCC(CCn1ccnn1)COC(=O)/C=C/C(=O)OC. The molecule has 1 rings (SSSR count). The van der Waals surface area contributed by atoms with Crippen molar-refractivity contribution in [3.05, 3.63) is 36.7 Å². The smallest absolute Gasteiger partial charge is 0.331 e. The van der Waals surface area contributed by atoms with E-state index in [4.69, 9.17) is 9.47 Å². The Hall–Kier alpha value is -3.50. The fourth-order valence-corrected chi connectivity index (χ4v) is 1.79. The van der Waals surface area contributed by atoms with Gasteiger partial charge in [0.05, 0.1) is 33.6 Å². The first-order valence-corrected chi connectivity index (χ1v) is 8.14. The highest BCUT2D eigenvalue weighted by Crippen LogP contribution is 2.08. The summed E-state index contributed by atoms with van der Waals surface area (Å²) in [5.41, 5.74) is 0. The molecule has 0 aliphatic carbocycles. The van der Waals surface area contributed by atoms with Crippen LogP contribution in [0.3, 0.4) is 0 Å². The molecule has 28 heavy (non-hydrogen) atoms. The number of carbonyl (C=O) groups is 4. The number of nitrogens with zero attached hydrogens (tertiary/aromatic N) is 3. The molecule has 0 N–H and O–H groups in total. The lowest BCUT2D eigenvalue weighted by Crippen LogP contribution is -2.22. The molecule has 0 fully saturated rings. The zero-order chi connectivity index (χ0) is 20.8. The van der Waals surface area contributed by atoms with Crippen LogP contribution in [0.15, 0.2) is 36.7 Å². The Labute approximate surface area is 160 Å². The summed E-state index contributed by atoms with van der Waals surface area (Å²) in [5, 5.41) is 7.50. The van der Waals surface area contributed by atoms with E-state index in [1.807, 2.05) is 0 Å². The fourth-order valence-electron chi connectivity index (χ4n) is 1.79. The lowest BCUT2D eigenvalue weighted by atomic mass is 10.1. The van der Waals surface area contributed by atoms with Gasteiger partial charge in [0.15, 0.2) is 0 Å². The zero-order valence-electron chi connectivity index (χ0n) is 15.5. The van der Waals surface area contributed by atoms with Crippen LogP contribution >= 0.6 is 0 Å². The Bertz CT molecular complexity index is 670. The van der Waals surface area contributed by atoms with E-state index >= 15 is 0 Å². The standard InChI is InChI=1S/C17H21N3O8/c1-25-14(21)3-5-16(23)27-11-13(7-9-20-10-8-18-19-20)12-28-17(24)6-4-15(22)26-2/h3-6,8,10,13H,7,9,11-12H2,1-2H3/b5-3+,6-4+. The summed E-state index contributed by atoms with van der Waals surface area (Å²) in [7, 11) is 2.36. The minimum absolute atomic E-state index is 0.0625. The second-order valence-corrected chi connectivity index (χ2v) is 5.29. The van der Waals surface area contributed by atoms with Crippen molar-refractivity contribution in [2.75, 3.05) is 27.4 Å². The summed E-state index contributed by atoms with van der Waals surface area (Å²) in [6, 6.07) is 0. The Kier molecular flexibility index (Phi) is 10.3. The molecule has 0 spiro atoms. The van der Waals surface area contributed by atoms with Crippen molar-refractivity contribution in [2.45, 2.75) is 13.0 Å². The van der Waals surface area contributed by atoms with Gasteiger partial charge in [-0.05, 0) is 6.42 Å². The average molecular weight is 395 g/mol. The maximum absolute atomic E-state index is 11.6. The second-order valence-electron chi connectivity index (χ2n) is 5.29. The molecule has 1 heterocycles. The number of hydrogen-bond acceptors (Lipinski definition) is 10. The maximum Gasteiger partial charge on any atom is 0.331 e. The van der Waals surface area contributed by atoms with Crippen molar-refractivity contribution < 1.29 is 38.1 Å². The largest absolute Gasteiger partial charge is 0.466 e. The molecule has 0 aliphatic rings. The third-order valence-electron chi connectivity index (χ3n) is 3.27. The van der Waals surface area contributed by atoms with E-state index in [0.29, 0.717) is 13.0 Å². The van der Waals surface area contributed by atoms with Gasteiger partial charge in [-0.15, -0.1) is 5.10 Å². The summed E-state index contributed by atoms with van der Waals surface area (Å²) >= 11 is 0. The Morgan fingerprint density at radius 1 is 0.893 bits per heavy atom. The normalized spacial score (nSPS) is 11.0. The number of aryl methyl sites for hydroxylation is 1. The van der Waals surface area contributed by atoms with Gasteiger partial charge >= 0.3 is 23.9 Å². The molecule has 1 aromatic heterocycles. The number of aromatic nitrogens is 3. The van der Waals surface area contributed by atoms with Crippen molar-refractivity contribution in [1.82, 2.24) is 15.0 Å². The third kappa shape index (κ3) is 9.85. The third-order valence-corrected chi connectivity index (χ3v) is 3.27. The van der Waals surface area contributed by atoms with Crippen LogP contribution in [-0.2, 0) is 44.7 Å². The highest BCUT2D eigenvalue weighted by molar-refractivity contribution is 5.92. The van der Waals surface area contributed by atoms with Crippen LogP contribution in [0.5, 0.6) is 0 Å². The molecule has 0 unspecified atom stereocenters. The molecule has 1 aromatic rings. The lowest BCUT2D eigenvalue weighted by molar-refractivity contribution is -0.144. The molecule has 0 saturated carbocycles. The first kappa shape index (κ1) is 22.5. The van der Waals surface area contributed by atoms with Crippen LogP contribution in [0.4, 0.5) is 0 Å². The molecular formula is C17H21N3O8. The van der Waals surface area contributed by atoms with Gasteiger partial charge < -0.3 is 18.9 Å². The van der Waals surface area contributed by atoms with Gasteiger partial charge in [-0.1, -0.05) is 5.21 Å². The zero-order valence-corrected chi connectivity index (χ0v) is 15.5. The van der Waals surface area contributed by atoms with Gasteiger partial charge in [0.1, 0.15) is 0 Å². The summed E-state index contributed by atoms with van der Waals surface area (Å²) in [5.74, 6) is -3.21. The van der Waals surface area contributed by atoms with Crippen LogP contribution in [0.25, 0.3) is 0 Å². The topological polar surface area (TPSA) is 136 Å². The van der Waals surface area contributed by atoms with Gasteiger partial charge in [0.25, 0.3) is 0 Å². The number of esters is 4. The predicted molar refractivity (Wildman–Crippen MR) is 92.4 cm³/mol. The Morgan fingerprint density at radius 2 is 1.39 bits per heavy atom. The highest BCUT2D eigenvalue weighted by atomic mass is 16.5. The monoisotopic (exact) mass is 395 g/mol. The summed E-state index contributed by atoms with van der Waals surface area (Å²) in [4.78, 5) is 45.2. The van der Waals surface area contributed by atoms with E-state index in [9.17, 15) is 19.2 Å². The Morgan fingerprint density at radius 3 is 1.82 bits per heavy atom. The molecule has 0 radical (unpaired) electrons. The van der Waals surface area contributed by atoms with E-state index in [1.165, 1.54) is 20.4 Å².